The lowest BCUT2D eigenvalue weighted by molar-refractivity contribution is 0.0424. The van der Waals surface area contributed by atoms with Gasteiger partial charge in [-0.05, 0) is 45.9 Å². The molecule has 5 rings (SSSR count). The Kier molecular flexibility index (Phi) is 6.55. The van der Waals surface area contributed by atoms with Crippen molar-refractivity contribution in [2.75, 3.05) is 51.2 Å². The van der Waals surface area contributed by atoms with Gasteiger partial charge in [-0.3, -0.25) is 4.90 Å². The number of nitrogens with zero attached hydrogens (tertiary/aromatic N) is 5. The number of nitriles is 2. The van der Waals surface area contributed by atoms with Crippen LogP contribution in [-0.2, 0) is 0 Å². The lowest BCUT2D eigenvalue weighted by Crippen LogP contribution is -2.55. The zero-order chi connectivity index (χ0) is 26.5. The molecule has 3 aliphatic heterocycles. The highest BCUT2D eigenvalue weighted by Crippen LogP contribution is 2.44. The van der Waals surface area contributed by atoms with Crippen LogP contribution in [0.5, 0.6) is 5.75 Å². The van der Waals surface area contributed by atoms with Crippen molar-refractivity contribution in [3.8, 4) is 29.0 Å². The van der Waals surface area contributed by atoms with Gasteiger partial charge in [-0.15, -0.1) is 0 Å². The summed E-state index contributed by atoms with van der Waals surface area (Å²) < 4.78 is 51.9. The predicted molar refractivity (Wildman–Crippen MR) is 134 cm³/mol. The van der Waals surface area contributed by atoms with Crippen molar-refractivity contribution in [1.82, 2.24) is 9.80 Å². The maximum Gasteiger partial charge on any atom is 0.155 e. The third-order valence-electron chi connectivity index (χ3n) is 7.96. The van der Waals surface area contributed by atoms with E-state index in [2.05, 4.69) is 30.7 Å². The number of hydrogen-bond donors (Lipinski definition) is 0. The summed E-state index contributed by atoms with van der Waals surface area (Å²) >= 11 is 0. The lowest BCUT2D eigenvalue weighted by Gasteiger charge is -2.46. The van der Waals surface area contributed by atoms with Crippen LogP contribution in [0.25, 0.3) is 11.1 Å². The molecule has 0 aliphatic carbocycles. The van der Waals surface area contributed by atoms with Gasteiger partial charge in [-0.25, -0.2) is 13.2 Å². The van der Waals surface area contributed by atoms with Gasteiger partial charge in [0.05, 0.1) is 11.1 Å². The van der Waals surface area contributed by atoms with E-state index in [0.29, 0.717) is 25.2 Å². The molecule has 1 unspecified atom stereocenters. The zero-order valence-corrected chi connectivity index (χ0v) is 21.3. The maximum atomic E-state index is 15.7. The fourth-order valence-electron chi connectivity index (χ4n) is 6.14. The number of anilines is 1. The van der Waals surface area contributed by atoms with Crippen LogP contribution in [0, 0.1) is 45.5 Å². The van der Waals surface area contributed by atoms with E-state index in [9.17, 15) is 14.9 Å². The zero-order valence-electron chi connectivity index (χ0n) is 21.3. The van der Waals surface area contributed by atoms with Crippen molar-refractivity contribution in [3.63, 3.8) is 0 Å². The number of rotatable bonds is 5. The van der Waals surface area contributed by atoms with Gasteiger partial charge in [0.2, 0.25) is 0 Å². The van der Waals surface area contributed by atoms with Crippen LogP contribution in [0.15, 0.2) is 18.2 Å². The largest absolute Gasteiger partial charge is 0.488 e. The monoisotopic (exact) mass is 509 g/mol. The molecule has 9 heteroatoms. The molecule has 2 aromatic carbocycles. The van der Waals surface area contributed by atoms with E-state index in [-0.39, 0.29) is 40.0 Å². The molecule has 37 heavy (non-hydrogen) atoms. The van der Waals surface area contributed by atoms with Crippen molar-refractivity contribution in [2.24, 2.45) is 5.41 Å². The molecule has 3 saturated heterocycles. The molecule has 194 valence electrons. The van der Waals surface area contributed by atoms with Gasteiger partial charge in [0.1, 0.15) is 41.2 Å². The molecule has 2 aromatic rings. The minimum atomic E-state index is -1.15. The molecule has 0 aromatic heterocycles. The number of likely N-dealkylation sites (tertiary alicyclic amines) is 2. The molecule has 3 fully saturated rings. The average molecular weight is 510 g/mol. The first-order valence-electron chi connectivity index (χ1n) is 12.6. The van der Waals surface area contributed by atoms with Gasteiger partial charge in [-0.1, -0.05) is 0 Å². The Bertz CT molecular complexity index is 1310. The van der Waals surface area contributed by atoms with E-state index in [1.807, 2.05) is 11.0 Å². The fourth-order valence-corrected chi connectivity index (χ4v) is 6.14. The second-order valence-corrected chi connectivity index (χ2v) is 11.0. The smallest absolute Gasteiger partial charge is 0.155 e. The first-order chi connectivity index (χ1) is 17.6. The molecule has 3 aliphatic rings. The van der Waals surface area contributed by atoms with Crippen LogP contribution in [0.1, 0.15) is 37.8 Å². The second kappa shape index (κ2) is 9.55. The molecule has 0 bridgehead atoms. The first kappa shape index (κ1) is 25.4. The molecule has 3 heterocycles. The molecule has 0 radical (unpaired) electrons. The number of ether oxygens (including phenoxy) is 1. The standard InChI is InChI=1S/C28H30F3N5O/c1-17(2)35-6-4-19(13-35)37-25-10-24(30)22(12-33)27(31)26(25)20-8-18(9-23(29)21(20)11-32)36-7-5-28(16-36)14-34(3)15-28/h8-10,17,19H,4-7,13-16H2,1-3H3. The molecule has 1 spiro atoms. The predicted octanol–water partition coefficient (Wildman–Crippen LogP) is 4.52. The summed E-state index contributed by atoms with van der Waals surface area (Å²) in [5, 5.41) is 19.2. The van der Waals surface area contributed by atoms with E-state index >= 15 is 8.78 Å². The van der Waals surface area contributed by atoms with Crippen LogP contribution >= 0.6 is 0 Å². The second-order valence-electron chi connectivity index (χ2n) is 11.0. The highest BCUT2D eigenvalue weighted by molar-refractivity contribution is 5.81. The van der Waals surface area contributed by atoms with Crippen molar-refractivity contribution < 1.29 is 17.9 Å². The SMILES string of the molecule is CC(C)N1CCC(Oc2cc(F)c(C#N)c(F)c2-c2cc(N3CCC4(CN(C)C4)C3)cc(F)c2C#N)C1. The molecule has 0 amide bonds. The van der Waals surface area contributed by atoms with Crippen LogP contribution in [0.3, 0.4) is 0 Å². The number of halogens is 3. The van der Waals surface area contributed by atoms with Crippen LogP contribution in [-0.4, -0.2) is 68.3 Å². The van der Waals surface area contributed by atoms with Crippen molar-refractivity contribution in [1.29, 1.82) is 10.5 Å². The molecular weight excluding hydrogens is 479 g/mol. The lowest BCUT2D eigenvalue weighted by atomic mass is 9.79. The van der Waals surface area contributed by atoms with Gasteiger partial charge < -0.3 is 14.5 Å². The van der Waals surface area contributed by atoms with Crippen LogP contribution < -0.4 is 9.64 Å². The van der Waals surface area contributed by atoms with E-state index < -0.39 is 23.0 Å². The topological polar surface area (TPSA) is 66.5 Å². The molecule has 0 N–H and O–H groups in total. The Morgan fingerprint density at radius 2 is 1.70 bits per heavy atom. The minimum absolute atomic E-state index is 0.0353. The van der Waals surface area contributed by atoms with Crippen LogP contribution in [0.2, 0.25) is 0 Å². The summed E-state index contributed by atoms with van der Waals surface area (Å²) in [5.41, 5.74) is -0.770. The van der Waals surface area contributed by atoms with Gasteiger partial charge in [0, 0.05) is 68.0 Å². The normalized spacial score (nSPS) is 21.3. The van der Waals surface area contributed by atoms with E-state index in [0.717, 1.165) is 38.7 Å². The molecule has 1 atom stereocenters. The number of hydrogen-bond acceptors (Lipinski definition) is 6. The summed E-state index contributed by atoms with van der Waals surface area (Å²) in [6.45, 7) is 8.83. The summed E-state index contributed by atoms with van der Waals surface area (Å²) in [7, 11) is 2.06. The molecule has 0 saturated carbocycles. The Balaban J connectivity index is 1.58. The average Bonchev–Trinajstić information content (AvgIpc) is 3.47. The quantitative estimate of drug-likeness (QED) is 0.591. The summed E-state index contributed by atoms with van der Waals surface area (Å²) in [5.74, 6) is -3.12. The summed E-state index contributed by atoms with van der Waals surface area (Å²) in [6, 6.07) is 7.55. The fraction of sp³-hybridized carbons (Fsp3) is 0.500. The Morgan fingerprint density at radius 3 is 2.32 bits per heavy atom. The third-order valence-corrected chi connectivity index (χ3v) is 7.96. The van der Waals surface area contributed by atoms with Gasteiger partial charge in [0.15, 0.2) is 5.82 Å². The van der Waals surface area contributed by atoms with E-state index in [4.69, 9.17) is 4.74 Å². The van der Waals surface area contributed by atoms with Crippen molar-refractivity contribution in [3.05, 3.63) is 46.8 Å². The summed E-state index contributed by atoms with van der Waals surface area (Å²) in [4.78, 5) is 6.48. The summed E-state index contributed by atoms with van der Waals surface area (Å²) in [6.07, 6.45) is 1.28. The van der Waals surface area contributed by atoms with Crippen LogP contribution in [0.4, 0.5) is 18.9 Å². The van der Waals surface area contributed by atoms with Gasteiger partial charge in [-0.2, -0.15) is 10.5 Å². The van der Waals surface area contributed by atoms with Crippen molar-refractivity contribution >= 4 is 5.69 Å². The first-order valence-corrected chi connectivity index (χ1v) is 12.6. The Morgan fingerprint density at radius 1 is 1.00 bits per heavy atom. The van der Waals surface area contributed by atoms with Gasteiger partial charge >= 0.3 is 0 Å². The number of benzene rings is 2. The van der Waals surface area contributed by atoms with Crippen molar-refractivity contribution in [2.45, 2.75) is 38.8 Å². The maximum absolute atomic E-state index is 15.7. The molecule has 6 nitrogen and oxygen atoms in total. The van der Waals surface area contributed by atoms with E-state index in [1.54, 1.807) is 12.1 Å². The molecular formula is C28H30F3N5O. The van der Waals surface area contributed by atoms with E-state index in [1.165, 1.54) is 6.07 Å². The highest BCUT2D eigenvalue weighted by Gasteiger charge is 2.46. The Labute approximate surface area is 215 Å². The highest BCUT2D eigenvalue weighted by atomic mass is 19.1. The minimum Gasteiger partial charge on any atom is -0.488 e. The Hall–Kier alpha value is -3.27. The third kappa shape index (κ3) is 4.52. The van der Waals surface area contributed by atoms with Gasteiger partial charge in [0.25, 0.3) is 0 Å².